The van der Waals surface area contributed by atoms with E-state index in [0.717, 1.165) is 17.7 Å². The molecule has 0 saturated heterocycles. The van der Waals surface area contributed by atoms with Crippen LogP contribution in [0.4, 0.5) is 17.6 Å². The van der Waals surface area contributed by atoms with Gasteiger partial charge < -0.3 is 0 Å². The quantitative estimate of drug-likeness (QED) is 0.173. The van der Waals surface area contributed by atoms with Crippen molar-refractivity contribution in [2.75, 3.05) is 0 Å². The minimum absolute atomic E-state index is 0.0360. The highest BCUT2D eigenvalue weighted by Crippen LogP contribution is 2.49. The molecule has 0 aromatic heterocycles. The zero-order valence-electron chi connectivity index (χ0n) is 22.0. The molecule has 3 aromatic carbocycles. The van der Waals surface area contributed by atoms with Crippen LogP contribution in [0.2, 0.25) is 0 Å². The largest absolute Gasteiger partial charge is 0.419 e. The van der Waals surface area contributed by atoms with E-state index in [9.17, 15) is 38.6 Å². The Balaban J connectivity index is 1.81. The van der Waals surface area contributed by atoms with E-state index < -0.39 is 17.6 Å². The lowest BCUT2D eigenvalue weighted by Gasteiger charge is -2.18. The van der Waals surface area contributed by atoms with Gasteiger partial charge in [0.2, 0.25) is 0 Å². The molecule has 0 bridgehead atoms. The molecule has 0 fully saturated rings. The first kappa shape index (κ1) is 27.9. The highest BCUT2D eigenvalue weighted by molar-refractivity contribution is 6.06. The van der Waals surface area contributed by atoms with E-state index in [1.807, 2.05) is 67.6 Å². The van der Waals surface area contributed by atoms with Gasteiger partial charge in [-0.15, -0.1) is 0 Å². The molecule has 8 heteroatoms. The molecule has 1 unspecified atom stereocenters. The van der Waals surface area contributed by atoms with E-state index in [0.29, 0.717) is 50.9 Å². The maximum absolute atomic E-state index is 14.0. The molecule has 1 atom stereocenters. The van der Waals surface area contributed by atoms with Gasteiger partial charge in [-0.1, -0.05) is 49.4 Å². The predicted molar refractivity (Wildman–Crippen MR) is 149 cm³/mol. The second-order valence-corrected chi connectivity index (χ2v) is 9.80. The molecule has 42 heavy (non-hydrogen) atoms. The molecular formula is C34H18F4N4. The summed E-state index contributed by atoms with van der Waals surface area (Å²) in [4.78, 5) is 0. The van der Waals surface area contributed by atoms with Crippen molar-refractivity contribution in [1.82, 2.24) is 0 Å². The van der Waals surface area contributed by atoms with Crippen LogP contribution in [-0.4, -0.2) is 0 Å². The van der Waals surface area contributed by atoms with E-state index in [1.54, 1.807) is 18.2 Å². The second-order valence-electron chi connectivity index (χ2n) is 9.80. The number of allylic oxidation sites excluding steroid dienone is 7. The van der Waals surface area contributed by atoms with E-state index in [2.05, 4.69) is 0 Å². The van der Waals surface area contributed by atoms with Gasteiger partial charge in [0, 0.05) is 11.5 Å². The Morgan fingerprint density at radius 1 is 0.738 bits per heavy atom. The second kappa shape index (κ2) is 10.7. The van der Waals surface area contributed by atoms with Crippen LogP contribution < -0.4 is 0 Å². The van der Waals surface area contributed by atoms with Gasteiger partial charge in [-0.05, 0) is 86.8 Å². The van der Waals surface area contributed by atoms with Crippen molar-refractivity contribution in [2.45, 2.75) is 19.5 Å². The number of fused-ring (bicyclic) bond motifs is 4. The molecule has 0 saturated carbocycles. The Hall–Kier alpha value is -5.70. The zero-order chi connectivity index (χ0) is 30.2. The number of hydrogen-bond acceptors (Lipinski definition) is 4. The molecule has 2 aliphatic rings. The van der Waals surface area contributed by atoms with Crippen molar-refractivity contribution in [3.8, 4) is 46.5 Å². The van der Waals surface area contributed by atoms with Gasteiger partial charge in [-0.3, -0.25) is 0 Å². The lowest BCUT2D eigenvalue weighted by molar-refractivity contribution is -0.139. The SMILES string of the molecule is CC1/C=C\C=C/Cc2cc3c(cc2C1=C(C#N)C#N)-c1ccc(-c2ccc(F)c(C(F)(F)F)c2)cc1C3=C(C#N)C#N. The fraction of sp³-hybridized carbons (Fsp3) is 0.118. The van der Waals surface area contributed by atoms with Gasteiger partial charge in [0.1, 0.15) is 41.2 Å². The molecular weight excluding hydrogens is 540 g/mol. The number of alkyl halides is 3. The molecule has 3 aromatic rings. The molecule has 0 amide bonds. The van der Waals surface area contributed by atoms with E-state index in [-0.39, 0.29) is 22.6 Å². The van der Waals surface area contributed by atoms with Gasteiger partial charge in [0.25, 0.3) is 0 Å². The number of nitriles is 4. The molecule has 2 aliphatic carbocycles. The number of benzene rings is 3. The maximum atomic E-state index is 14.0. The highest BCUT2D eigenvalue weighted by Gasteiger charge is 2.35. The summed E-state index contributed by atoms with van der Waals surface area (Å²) >= 11 is 0. The first-order valence-electron chi connectivity index (χ1n) is 12.7. The minimum atomic E-state index is -4.89. The van der Waals surface area contributed by atoms with Crippen molar-refractivity contribution < 1.29 is 17.6 Å². The normalized spacial score (nSPS) is 16.5. The topological polar surface area (TPSA) is 95.2 Å². The molecule has 5 rings (SSSR count). The van der Waals surface area contributed by atoms with Gasteiger partial charge >= 0.3 is 6.18 Å². The summed E-state index contributed by atoms with van der Waals surface area (Å²) in [6.07, 6.45) is 3.06. The fourth-order valence-electron chi connectivity index (χ4n) is 5.49. The lowest BCUT2D eigenvalue weighted by atomic mass is 9.84. The summed E-state index contributed by atoms with van der Waals surface area (Å²) in [7, 11) is 0. The maximum Gasteiger partial charge on any atom is 0.419 e. The smallest absolute Gasteiger partial charge is 0.206 e. The zero-order valence-corrected chi connectivity index (χ0v) is 22.0. The Morgan fingerprint density at radius 2 is 1.38 bits per heavy atom. The standard InChI is InChI=1S/C34H18F4N4/c1-19-5-3-2-4-6-22-12-29-27(14-26(22)32(19)23(15-39)16-40)25-9-7-20(11-28(25)33(29)24(17-41)18-42)21-8-10-31(35)30(13-21)34(36,37)38/h2-5,7-14,19H,6H2,1H3/b4-2-,5-3-. The van der Waals surface area contributed by atoms with Crippen molar-refractivity contribution in [1.29, 1.82) is 21.0 Å². The van der Waals surface area contributed by atoms with Crippen LogP contribution in [0.3, 0.4) is 0 Å². The van der Waals surface area contributed by atoms with Crippen LogP contribution in [0.1, 0.15) is 34.7 Å². The lowest BCUT2D eigenvalue weighted by Crippen LogP contribution is -2.08. The van der Waals surface area contributed by atoms with Crippen LogP contribution in [0.25, 0.3) is 33.4 Å². The van der Waals surface area contributed by atoms with Crippen LogP contribution in [-0.2, 0) is 12.6 Å². The van der Waals surface area contributed by atoms with Crippen molar-refractivity contribution in [3.05, 3.63) is 118 Å². The number of rotatable bonds is 1. The van der Waals surface area contributed by atoms with Gasteiger partial charge in [-0.25, -0.2) is 4.39 Å². The van der Waals surface area contributed by atoms with Gasteiger partial charge in [-0.2, -0.15) is 34.2 Å². The van der Waals surface area contributed by atoms with Crippen LogP contribution in [0.15, 0.2) is 84.0 Å². The summed E-state index contributed by atoms with van der Waals surface area (Å²) in [6.45, 7) is 1.88. The van der Waals surface area contributed by atoms with Gasteiger partial charge in [0.05, 0.1) is 5.56 Å². The third kappa shape index (κ3) is 4.66. The molecule has 202 valence electrons. The Kier molecular flexibility index (Phi) is 7.10. The Bertz CT molecular complexity index is 1930. The first-order chi connectivity index (χ1) is 20.1. The van der Waals surface area contributed by atoms with E-state index >= 15 is 0 Å². The highest BCUT2D eigenvalue weighted by atomic mass is 19.4. The van der Waals surface area contributed by atoms with Crippen LogP contribution in [0, 0.1) is 57.1 Å². The molecule has 0 aliphatic heterocycles. The predicted octanol–water partition coefficient (Wildman–Crippen LogP) is 8.45. The summed E-state index contributed by atoms with van der Waals surface area (Å²) in [5, 5.41) is 39.2. The molecule has 0 N–H and O–H groups in total. The Labute approximate surface area is 239 Å². The number of hydrogen-bond donors (Lipinski definition) is 0. The third-order valence-corrected chi connectivity index (χ3v) is 7.39. The van der Waals surface area contributed by atoms with Gasteiger partial charge in [0.15, 0.2) is 0 Å². The average molecular weight is 559 g/mol. The molecule has 0 radical (unpaired) electrons. The first-order valence-corrected chi connectivity index (χ1v) is 12.7. The minimum Gasteiger partial charge on any atom is -0.206 e. The molecule has 0 spiro atoms. The van der Waals surface area contributed by atoms with Crippen molar-refractivity contribution in [2.24, 2.45) is 5.92 Å². The molecule has 4 nitrogen and oxygen atoms in total. The summed E-state index contributed by atoms with van der Waals surface area (Å²) in [6, 6.07) is 19.2. The Morgan fingerprint density at radius 3 is 2.05 bits per heavy atom. The number of nitrogens with zero attached hydrogens (tertiary/aromatic N) is 4. The van der Waals surface area contributed by atoms with Crippen LogP contribution >= 0.6 is 0 Å². The number of halogens is 4. The monoisotopic (exact) mass is 558 g/mol. The average Bonchev–Trinajstić information content (AvgIpc) is 3.30. The van der Waals surface area contributed by atoms with Crippen molar-refractivity contribution in [3.63, 3.8) is 0 Å². The van der Waals surface area contributed by atoms with E-state index in [4.69, 9.17) is 0 Å². The fourth-order valence-corrected chi connectivity index (χ4v) is 5.49. The summed E-state index contributed by atoms with van der Waals surface area (Å²) in [5.41, 5.74) is 3.48. The van der Waals surface area contributed by atoms with Crippen molar-refractivity contribution >= 4 is 11.1 Å². The third-order valence-electron chi connectivity index (χ3n) is 7.39. The summed E-state index contributed by atoms with van der Waals surface area (Å²) < 4.78 is 54.3. The van der Waals surface area contributed by atoms with E-state index in [1.165, 1.54) is 6.07 Å². The summed E-state index contributed by atoms with van der Waals surface area (Å²) in [5.74, 6) is -1.67. The van der Waals surface area contributed by atoms with Crippen LogP contribution in [0.5, 0.6) is 0 Å². The molecule has 0 heterocycles.